The van der Waals surface area contributed by atoms with Crippen molar-refractivity contribution < 1.29 is 14.3 Å². The van der Waals surface area contributed by atoms with Crippen molar-refractivity contribution in [2.45, 2.75) is 20.3 Å². The van der Waals surface area contributed by atoms with Crippen LogP contribution in [0.5, 0.6) is 5.75 Å². The minimum Gasteiger partial charge on any atom is -0.496 e. The fourth-order valence-electron chi connectivity index (χ4n) is 2.98. The van der Waals surface area contributed by atoms with E-state index >= 15 is 0 Å². The van der Waals surface area contributed by atoms with E-state index in [1.807, 2.05) is 38.1 Å². The number of nitrogens with zero attached hydrogens (tertiary/aromatic N) is 1. The quantitative estimate of drug-likeness (QED) is 0.865. The van der Waals surface area contributed by atoms with E-state index in [0.717, 1.165) is 22.4 Å². The van der Waals surface area contributed by atoms with Crippen molar-refractivity contribution in [1.29, 1.82) is 0 Å². The van der Waals surface area contributed by atoms with Gasteiger partial charge in [-0.05, 0) is 23.3 Å². The highest BCUT2D eigenvalue weighted by atomic mass is 16.5. The molecule has 0 fully saturated rings. The maximum Gasteiger partial charge on any atom is 0.169 e. The van der Waals surface area contributed by atoms with Crippen molar-refractivity contribution in [1.82, 2.24) is 4.98 Å². The van der Waals surface area contributed by atoms with E-state index < -0.39 is 5.41 Å². The normalized spacial score (nSPS) is 16.7. The number of carbonyl (C=O) groups excluding carboxylic acids is 2. The molecule has 1 aliphatic rings. The van der Waals surface area contributed by atoms with Crippen LogP contribution in [0.25, 0.3) is 16.7 Å². The number of aromatic nitrogens is 1. The molecule has 0 saturated carbocycles. The molecule has 0 saturated heterocycles. The Morgan fingerprint density at radius 1 is 1.04 bits per heavy atom. The topological polar surface area (TPSA) is 56.3 Å². The number of ether oxygens (including phenoxy) is 1. The first-order chi connectivity index (χ1) is 11.4. The monoisotopic (exact) mass is 321 g/mol. The van der Waals surface area contributed by atoms with Gasteiger partial charge < -0.3 is 4.74 Å². The van der Waals surface area contributed by atoms with E-state index in [-0.39, 0.29) is 18.0 Å². The molecule has 2 aromatic rings. The highest BCUT2D eigenvalue weighted by Crippen LogP contribution is 2.36. The molecule has 1 aromatic heterocycles. The minimum atomic E-state index is -0.646. The van der Waals surface area contributed by atoms with Crippen LogP contribution < -0.4 is 4.74 Å². The third-order valence-corrected chi connectivity index (χ3v) is 4.29. The lowest BCUT2D eigenvalue weighted by Crippen LogP contribution is -2.31. The second-order valence-electron chi connectivity index (χ2n) is 6.57. The summed E-state index contributed by atoms with van der Waals surface area (Å²) in [7, 11) is 1.62. The number of Topliss-reactive ketones (excluding diaryl/α,β-unsaturated/α-hetero) is 1. The average molecular weight is 321 g/mol. The Kier molecular flexibility index (Phi) is 4.06. The number of ketones is 2. The van der Waals surface area contributed by atoms with Gasteiger partial charge in [0.25, 0.3) is 0 Å². The lowest BCUT2D eigenvalue weighted by Gasteiger charge is -2.27. The van der Waals surface area contributed by atoms with Gasteiger partial charge >= 0.3 is 0 Å². The van der Waals surface area contributed by atoms with Crippen LogP contribution in [0.4, 0.5) is 0 Å². The Labute approximate surface area is 141 Å². The van der Waals surface area contributed by atoms with Crippen molar-refractivity contribution in [3.8, 4) is 16.9 Å². The zero-order chi connectivity index (χ0) is 17.3. The number of methoxy groups -OCH3 is 1. The summed E-state index contributed by atoms with van der Waals surface area (Å²) >= 11 is 0. The molecule has 0 amide bonds. The summed E-state index contributed by atoms with van der Waals surface area (Å²) in [6.45, 7) is 3.63. The standard InChI is InChI=1S/C20H19NO3/c1-20(2)11-15(22)10-16(19(20)23)13-4-6-14(7-5-13)17-12-21-9-8-18(17)24-3/h4-10,12H,11H2,1-3H3. The fourth-order valence-corrected chi connectivity index (χ4v) is 2.98. The first-order valence-electron chi connectivity index (χ1n) is 7.80. The molecule has 24 heavy (non-hydrogen) atoms. The summed E-state index contributed by atoms with van der Waals surface area (Å²) in [5.74, 6) is 0.739. The van der Waals surface area contributed by atoms with Crippen LogP contribution in [-0.4, -0.2) is 23.7 Å². The highest BCUT2D eigenvalue weighted by molar-refractivity contribution is 6.30. The number of allylic oxidation sites excluding steroid dienone is 2. The van der Waals surface area contributed by atoms with Crippen LogP contribution in [0.3, 0.4) is 0 Å². The Hall–Kier alpha value is -2.75. The number of rotatable bonds is 3. The molecule has 0 unspecified atom stereocenters. The molecule has 0 bridgehead atoms. The fraction of sp³-hybridized carbons (Fsp3) is 0.250. The van der Waals surface area contributed by atoms with Gasteiger partial charge in [-0.3, -0.25) is 14.6 Å². The maximum absolute atomic E-state index is 12.6. The Balaban J connectivity index is 1.98. The lowest BCUT2D eigenvalue weighted by molar-refractivity contribution is -0.127. The van der Waals surface area contributed by atoms with Crippen molar-refractivity contribution in [3.05, 3.63) is 54.4 Å². The van der Waals surface area contributed by atoms with E-state index in [0.29, 0.717) is 5.57 Å². The van der Waals surface area contributed by atoms with Crippen LogP contribution in [0.15, 0.2) is 48.8 Å². The molecule has 122 valence electrons. The van der Waals surface area contributed by atoms with E-state index in [9.17, 15) is 9.59 Å². The number of benzene rings is 1. The molecule has 1 heterocycles. The van der Waals surface area contributed by atoms with Crippen molar-refractivity contribution in [2.75, 3.05) is 7.11 Å². The van der Waals surface area contributed by atoms with Gasteiger partial charge in [0.2, 0.25) is 0 Å². The molecular weight excluding hydrogens is 302 g/mol. The number of hydrogen-bond donors (Lipinski definition) is 0. The minimum absolute atomic E-state index is 0.00685. The molecule has 0 spiro atoms. The predicted octanol–water partition coefficient (Wildman–Crippen LogP) is 3.71. The lowest BCUT2D eigenvalue weighted by atomic mass is 9.74. The smallest absolute Gasteiger partial charge is 0.169 e. The van der Waals surface area contributed by atoms with Crippen LogP contribution >= 0.6 is 0 Å². The van der Waals surface area contributed by atoms with Crippen molar-refractivity contribution in [2.24, 2.45) is 5.41 Å². The zero-order valence-corrected chi connectivity index (χ0v) is 14.0. The van der Waals surface area contributed by atoms with Gasteiger partial charge in [0.05, 0.1) is 7.11 Å². The van der Waals surface area contributed by atoms with Crippen LogP contribution in [-0.2, 0) is 9.59 Å². The summed E-state index contributed by atoms with van der Waals surface area (Å²) in [6, 6.07) is 9.35. The van der Waals surface area contributed by atoms with Crippen molar-refractivity contribution >= 4 is 17.1 Å². The van der Waals surface area contributed by atoms with E-state index in [4.69, 9.17) is 4.74 Å². The molecule has 0 radical (unpaired) electrons. The maximum atomic E-state index is 12.6. The van der Waals surface area contributed by atoms with Crippen molar-refractivity contribution in [3.63, 3.8) is 0 Å². The third kappa shape index (κ3) is 2.87. The Morgan fingerprint density at radius 3 is 2.38 bits per heavy atom. The predicted molar refractivity (Wildman–Crippen MR) is 92.6 cm³/mol. The molecule has 0 aliphatic heterocycles. The molecule has 0 N–H and O–H groups in total. The molecule has 4 heteroatoms. The van der Waals surface area contributed by atoms with E-state index in [1.165, 1.54) is 6.08 Å². The summed E-state index contributed by atoms with van der Waals surface area (Å²) < 4.78 is 5.35. The summed E-state index contributed by atoms with van der Waals surface area (Å²) in [5.41, 5.74) is 2.42. The second-order valence-corrected chi connectivity index (χ2v) is 6.57. The highest BCUT2D eigenvalue weighted by Gasteiger charge is 2.36. The third-order valence-electron chi connectivity index (χ3n) is 4.29. The molecule has 4 nitrogen and oxygen atoms in total. The van der Waals surface area contributed by atoms with Crippen LogP contribution in [0.2, 0.25) is 0 Å². The zero-order valence-electron chi connectivity index (χ0n) is 14.0. The Morgan fingerprint density at radius 2 is 1.71 bits per heavy atom. The van der Waals surface area contributed by atoms with Gasteiger partial charge in [-0.2, -0.15) is 0 Å². The summed E-state index contributed by atoms with van der Waals surface area (Å²) in [4.78, 5) is 28.7. The molecular formula is C20H19NO3. The van der Waals surface area contributed by atoms with Crippen LogP contribution in [0.1, 0.15) is 25.8 Å². The van der Waals surface area contributed by atoms with E-state index in [1.54, 1.807) is 25.6 Å². The summed E-state index contributed by atoms with van der Waals surface area (Å²) in [6.07, 6.45) is 5.15. The first-order valence-corrected chi connectivity index (χ1v) is 7.80. The first kappa shape index (κ1) is 16.1. The average Bonchev–Trinajstić information content (AvgIpc) is 2.58. The van der Waals surface area contributed by atoms with E-state index in [2.05, 4.69) is 4.98 Å². The van der Waals surface area contributed by atoms with Crippen LogP contribution in [0, 0.1) is 5.41 Å². The molecule has 1 aromatic carbocycles. The van der Waals surface area contributed by atoms with Gasteiger partial charge in [0, 0.05) is 35.4 Å². The largest absolute Gasteiger partial charge is 0.496 e. The summed E-state index contributed by atoms with van der Waals surface area (Å²) in [5, 5.41) is 0. The van der Waals surface area contributed by atoms with Gasteiger partial charge in [0.15, 0.2) is 11.6 Å². The van der Waals surface area contributed by atoms with Gasteiger partial charge in [-0.25, -0.2) is 0 Å². The Bertz CT molecular complexity index is 832. The number of hydrogen-bond acceptors (Lipinski definition) is 4. The number of pyridine rings is 1. The SMILES string of the molecule is COc1ccncc1-c1ccc(C2=CC(=O)CC(C)(C)C2=O)cc1. The van der Waals surface area contributed by atoms with Gasteiger partial charge in [0.1, 0.15) is 5.75 Å². The molecule has 0 atom stereocenters. The molecule has 3 rings (SSSR count). The van der Waals surface area contributed by atoms with Gasteiger partial charge in [-0.1, -0.05) is 38.1 Å². The second kappa shape index (κ2) is 6.04. The number of carbonyl (C=O) groups is 2. The molecule has 1 aliphatic carbocycles. The van der Waals surface area contributed by atoms with Gasteiger partial charge in [-0.15, -0.1) is 0 Å².